The van der Waals surface area contributed by atoms with Gasteiger partial charge < -0.3 is 9.47 Å². The zero-order valence-corrected chi connectivity index (χ0v) is 16.1. The highest BCUT2D eigenvalue weighted by atomic mass is 79.9. The highest BCUT2D eigenvalue weighted by molar-refractivity contribution is 9.10. The summed E-state index contributed by atoms with van der Waals surface area (Å²) in [7, 11) is 0. The van der Waals surface area contributed by atoms with E-state index < -0.39 is 17.4 Å². The van der Waals surface area contributed by atoms with Crippen LogP contribution >= 0.6 is 15.9 Å². The first-order valence-electron chi connectivity index (χ1n) is 8.83. The lowest BCUT2D eigenvalue weighted by atomic mass is 9.64. The molecule has 7 heteroatoms. The fourth-order valence-electron chi connectivity index (χ4n) is 3.41. The van der Waals surface area contributed by atoms with Gasteiger partial charge in [-0.05, 0) is 42.7 Å². The van der Waals surface area contributed by atoms with E-state index in [0.29, 0.717) is 11.5 Å². The van der Waals surface area contributed by atoms with E-state index in [-0.39, 0.29) is 12.5 Å². The van der Waals surface area contributed by atoms with Crippen LogP contribution in [-0.4, -0.2) is 24.5 Å². The topological polar surface area (TPSA) is 76.7 Å². The zero-order valence-electron chi connectivity index (χ0n) is 14.5. The lowest BCUT2D eigenvalue weighted by Crippen LogP contribution is -2.57. The van der Waals surface area contributed by atoms with Crippen LogP contribution in [0.15, 0.2) is 53.0 Å². The average molecular weight is 431 g/mol. The first-order chi connectivity index (χ1) is 13.1. The molecule has 1 aliphatic carbocycles. The van der Waals surface area contributed by atoms with Crippen molar-refractivity contribution < 1.29 is 19.1 Å². The molecule has 0 saturated heterocycles. The third-order valence-corrected chi connectivity index (χ3v) is 5.67. The highest BCUT2D eigenvalue weighted by Crippen LogP contribution is 2.44. The van der Waals surface area contributed by atoms with Crippen molar-refractivity contribution in [2.75, 3.05) is 6.61 Å². The van der Waals surface area contributed by atoms with Crippen molar-refractivity contribution in [3.05, 3.63) is 58.6 Å². The van der Waals surface area contributed by atoms with Gasteiger partial charge in [-0.15, -0.1) is 0 Å². The smallest absolute Gasteiger partial charge is 0.283 e. The molecule has 2 N–H and O–H groups in total. The number of ether oxygens (including phenoxy) is 2. The van der Waals surface area contributed by atoms with Crippen molar-refractivity contribution in [1.29, 1.82) is 0 Å². The van der Waals surface area contributed by atoms with E-state index in [1.54, 1.807) is 12.1 Å². The molecule has 0 radical (unpaired) electrons. The number of nitrogens with one attached hydrogen (secondary N) is 2. The number of rotatable bonds is 3. The Hall–Kier alpha value is -2.54. The number of halogens is 1. The molecule has 2 amide bonds. The standard InChI is InChI=1S/C20H19BrN2O4/c21-14-8-6-13(7-9-14)20(10-3-11-20)19(25)23-22-18(24)17-12-26-15-4-1-2-5-16(15)27-17/h1-2,4-9,17H,3,10-12H2,(H,22,24)(H,23,25). The van der Waals surface area contributed by atoms with Crippen LogP contribution < -0.4 is 20.3 Å². The fourth-order valence-corrected chi connectivity index (χ4v) is 3.68. The Kier molecular flexibility index (Phi) is 4.78. The normalized spacial score (nSPS) is 19.5. The summed E-state index contributed by atoms with van der Waals surface area (Å²) in [6.45, 7) is 0.0938. The molecule has 2 aromatic rings. The second-order valence-electron chi connectivity index (χ2n) is 6.75. The number of carbonyl (C=O) groups excluding carboxylic acids is 2. The predicted octanol–water partition coefficient (Wildman–Crippen LogP) is 2.86. The van der Waals surface area contributed by atoms with Crippen molar-refractivity contribution in [1.82, 2.24) is 10.9 Å². The van der Waals surface area contributed by atoms with E-state index in [0.717, 1.165) is 29.3 Å². The van der Waals surface area contributed by atoms with E-state index in [1.807, 2.05) is 36.4 Å². The lowest BCUT2D eigenvalue weighted by Gasteiger charge is -2.40. The third-order valence-electron chi connectivity index (χ3n) is 5.14. The number of para-hydroxylation sites is 2. The number of hydrazine groups is 1. The number of hydrogen-bond donors (Lipinski definition) is 2. The van der Waals surface area contributed by atoms with Crippen LogP contribution in [0.5, 0.6) is 11.5 Å². The summed E-state index contributed by atoms with van der Waals surface area (Å²) in [6, 6.07) is 14.9. The zero-order chi connectivity index (χ0) is 18.9. The molecule has 1 saturated carbocycles. The van der Waals surface area contributed by atoms with Crippen molar-refractivity contribution in [3.63, 3.8) is 0 Å². The molecule has 4 rings (SSSR count). The molecule has 6 nitrogen and oxygen atoms in total. The van der Waals surface area contributed by atoms with Gasteiger partial charge in [-0.25, -0.2) is 0 Å². The molecule has 1 aliphatic heterocycles. The van der Waals surface area contributed by atoms with Gasteiger partial charge >= 0.3 is 0 Å². The number of hydrogen-bond acceptors (Lipinski definition) is 4. The molecule has 0 bridgehead atoms. The van der Waals surface area contributed by atoms with Crippen LogP contribution in [0.2, 0.25) is 0 Å². The fraction of sp³-hybridized carbons (Fsp3) is 0.300. The van der Waals surface area contributed by atoms with Gasteiger partial charge in [-0.1, -0.05) is 46.6 Å². The first kappa shape index (κ1) is 17.9. The summed E-state index contributed by atoms with van der Waals surface area (Å²) in [6.07, 6.45) is 1.68. The van der Waals surface area contributed by atoms with E-state index in [2.05, 4.69) is 26.8 Å². The number of carbonyl (C=O) groups is 2. The van der Waals surface area contributed by atoms with Gasteiger partial charge in [0.2, 0.25) is 12.0 Å². The minimum atomic E-state index is -0.815. The second kappa shape index (κ2) is 7.23. The van der Waals surface area contributed by atoms with Gasteiger partial charge in [0.25, 0.3) is 5.91 Å². The van der Waals surface area contributed by atoms with Gasteiger partial charge in [0.1, 0.15) is 6.61 Å². The maximum absolute atomic E-state index is 12.8. The maximum Gasteiger partial charge on any atom is 0.283 e. The Bertz CT molecular complexity index is 865. The van der Waals surface area contributed by atoms with Gasteiger partial charge in [-0.3, -0.25) is 20.4 Å². The molecule has 1 fully saturated rings. The van der Waals surface area contributed by atoms with E-state index in [1.165, 1.54) is 0 Å². The summed E-state index contributed by atoms with van der Waals surface area (Å²) in [5.74, 6) is 0.472. The Labute approximate surface area is 165 Å². The summed E-state index contributed by atoms with van der Waals surface area (Å²) in [5.41, 5.74) is 5.42. The molecule has 2 aromatic carbocycles. The van der Waals surface area contributed by atoms with E-state index >= 15 is 0 Å². The Morgan fingerprint density at radius 2 is 1.70 bits per heavy atom. The van der Waals surface area contributed by atoms with Gasteiger partial charge in [-0.2, -0.15) is 0 Å². The first-order valence-corrected chi connectivity index (χ1v) is 9.63. The van der Waals surface area contributed by atoms with Crippen LogP contribution in [0.4, 0.5) is 0 Å². The van der Waals surface area contributed by atoms with Crippen molar-refractivity contribution in [2.45, 2.75) is 30.8 Å². The Balaban J connectivity index is 1.39. The number of fused-ring (bicyclic) bond motifs is 1. The van der Waals surface area contributed by atoms with Crippen LogP contribution in [0.1, 0.15) is 24.8 Å². The molecule has 1 heterocycles. The molecule has 27 heavy (non-hydrogen) atoms. The van der Waals surface area contributed by atoms with Gasteiger partial charge in [0.05, 0.1) is 5.41 Å². The summed E-state index contributed by atoms with van der Waals surface area (Å²) < 4.78 is 12.2. The SMILES string of the molecule is O=C(NNC(=O)C1(c2ccc(Br)cc2)CCC1)C1COc2ccccc2O1. The molecule has 2 aliphatic rings. The molecule has 0 aromatic heterocycles. The largest absolute Gasteiger partial charge is 0.485 e. The Morgan fingerprint density at radius 3 is 2.37 bits per heavy atom. The van der Waals surface area contributed by atoms with Crippen LogP contribution in [-0.2, 0) is 15.0 Å². The minimum absolute atomic E-state index is 0.0938. The second-order valence-corrected chi connectivity index (χ2v) is 7.67. The van der Waals surface area contributed by atoms with Gasteiger partial charge in [0.15, 0.2) is 11.5 Å². The maximum atomic E-state index is 12.8. The van der Waals surface area contributed by atoms with E-state index in [9.17, 15) is 9.59 Å². The molecule has 1 unspecified atom stereocenters. The Morgan fingerprint density at radius 1 is 1.00 bits per heavy atom. The molecular formula is C20H19BrN2O4. The molecule has 0 spiro atoms. The quantitative estimate of drug-likeness (QED) is 0.733. The average Bonchev–Trinajstić information content (AvgIpc) is 2.66. The monoisotopic (exact) mass is 430 g/mol. The lowest BCUT2D eigenvalue weighted by molar-refractivity contribution is -0.138. The van der Waals surface area contributed by atoms with Crippen LogP contribution in [0, 0.1) is 0 Å². The number of amides is 2. The summed E-state index contributed by atoms with van der Waals surface area (Å²) in [4.78, 5) is 25.2. The van der Waals surface area contributed by atoms with Crippen LogP contribution in [0.25, 0.3) is 0 Å². The molecule has 140 valence electrons. The van der Waals surface area contributed by atoms with Crippen LogP contribution in [0.3, 0.4) is 0 Å². The van der Waals surface area contributed by atoms with Gasteiger partial charge in [0, 0.05) is 4.47 Å². The van der Waals surface area contributed by atoms with Crippen molar-refractivity contribution >= 4 is 27.7 Å². The molecule has 1 atom stereocenters. The number of benzene rings is 2. The summed E-state index contributed by atoms with van der Waals surface area (Å²) >= 11 is 3.41. The predicted molar refractivity (Wildman–Crippen MR) is 102 cm³/mol. The minimum Gasteiger partial charge on any atom is -0.485 e. The molecular weight excluding hydrogens is 412 g/mol. The highest BCUT2D eigenvalue weighted by Gasteiger charge is 2.46. The summed E-state index contributed by atoms with van der Waals surface area (Å²) in [5, 5.41) is 0. The van der Waals surface area contributed by atoms with Crippen molar-refractivity contribution in [3.8, 4) is 11.5 Å². The van der Waals surface area contributed by atoms with E-state index in [4.69, 9.17) is 9.47 Å². The van der Waals surface area contributed by atoms with Crippen molar-refractivity contribution in [2.24, 2.45) is 0 Å². The third kappa shape index (κ3) is 3.39.